The smallest absolute Gasteiger partial charge is 0.293 e. The van der Waals surface area contributed by atoms with Gasteiger partial charge in [0.1, 0.15) is 5.00 Å². The molecule has 2 rings (SSSR count). The quantitative estimate of drug-likeness (QED) is 0.499. The minimum Gasteiger partial charge on any atom is -0.293 e. The van der Waals surface area contributed by atoms with Gasteiger partial charge in [-0.05, 0) is 12.2 Å². The molecule has 0 amide bonds. The van der Waals surface area contributed by atoms with Crippen LogP contribution in [0.3, 0.4) is 0 Å². The molecule has 118 valence electrons. The van der Waals surface area contributed by atoms with E-state index in [1.807, 2.05) is 0 Å². The fourth-order valence-electron chi connectivity index (χ4n) is 2.09. The molecular weight excluding hydrogens is 338 g/mol. The molecule has 0 bridgehead atoms. The van der Waals surface area contributed by atoms with E-state index in [9.17, 15) is 18.0 Å². The first-order valence-corrected chi connectivity index (χ1v) is 7.13. The summed E-state index contributed by atoms with van der Waals surface area (Å²) in [6.45, 7) is -1.31. The molecular formula is C15H12Cl2F3NO. The number of benzene rings is 1. The van der Waals surface area contributed by atoms with Crippen LogP contribution in [0.25, 0.3) is 0 Å². The molecule has 0 fully saturated rings. The largest absolute Gasteiger partial charge is 0.401 e. The van der Waals surface area contributed by atoms with E-state index in [2.05, 4.69) is 5.32 Å². The second-order valence-corrected chi connectivity index (χ2v) is 5.89. The lowest BCUT2D eigenvalue weighted by Crippen LogP contribution is -2.51. The molecule has 0 saturated heterocycles. The highest BCUT2D eigenvalue weighted by molar-refractivity contribution is 6.33. The van der Waals surface area contributed by atoms with Crippen molar-refractivity contribution in [3.8, 4) is 0 Å². The Morgan fingerprint density at radius 3 is 2.50 bits per heavy atom. The molecule has 2 atom stereocenters. The van der Waals surface area contributed by atoms with E-state index >= 15 is 0 Å². The van der Waals surface area contributed by atoms with Crippen molar-refractivity contribution in [2.75, 3.05) is 6.54 Å². The molecule has 1 aliphatic carbocycles. The van der Waals surface area contributed by atoms with E-state index in [0.29, 0.717) is 5.56 Å². The van der Waals surface area contributed by atoms with Crippen LogP contribution in [0.4, 0.5) is 13.2 Å². The zero-order valence-corrected chi connectivity index (χ0v) is 12.7. The maximum absolute atomic E-state index is 12.5. The average Bonchev–Trinajstić information content (AvgIpc) is 2.48. The van der Waals surface area contributed by atoms with Crippen LogP contribution in [-0.4, -0.2) is 23.5 Å². The van der Waals surface area contributed by atoms with Gasteiger partial charge < -0.3 is 0 Å². The van der Waals surface area contributed by atoms with Gasteiger partial charge in [0, 0.05) is 10.6 Å². The van der Waals surface area contributed by atoms with E-state index < -0.39 is 29.4 Å². The third-order valence-corrected chi connectivity index (χ3v) is 3.91. The number of Topliss-reactive ketones (excluding diaryl/α,β-unsaturated/α-hetero) is 1. The number of ketones is 1. The van der Waals surface area contributed by atoms with Gasteiger partial charge in [-0.25, -0.2) is 0 Å². The van der Waals surface area contributed by atoms with Crippen LogP contribution in [0.1, 0.15) is 10.4 Å². The summed E-state index contributed by atoms with van der Waals surface area (Å²) >= 11 is 12.1. The molecule has 0 spiro atoms. The van der Waals surface area contributed by atoms with Gasteiger partial charge in [-0.1, -0.05) is 59.6 Å². The number of alkyl halides is 4. The van der Waals surface area contributed by atoms with E-state index in [4.69, 9.17) is 23.2 Å². The summed E-state index contributed by atoms with van der Waals surface area (Å²) in [4.78, 5) is 10.9. The molecule has 0 radical (unpaired) electrons. The number of carbonyl (C=O) groups excluding carboxylic acids is 1. The van der Waals surface area contributed by atoms with Crippen LogP contribution >= 0.6 is 23.2 Å². The highest BCUT2D eigenvalue weighted by atomic mass is 35.5. The predicted molar refractivity (Wildman–Crippen MR) is 80.0 cm³/mol. The Morgan fingerprint density at radius 2 is 1.91 bits per heavy atom. The monoisotopic (exact) mass is 349 g/mol. The van der Waals surface area contributed by atoms with Crippen LogP contribution in [-0.2, 0) is 0 Å². The highest BCUT2D eigenvalue weighted by Gasteiger charge is 2.42. The lowest BCUT2D eigenvalue weighted by atomic mass is 9.87. The van der Waals surface area contributed by atoms with Crippen molar-refractivity contribution in [2.24, 2.45) is 5.92 Å². The van der Waals surface area contributed by atoms with E-state index in [0.717, 1.165) is 0 Å². The third-order valence-electron chi connectivity index (χ3n) is 3.16. The van der Waals surface area contributed by atoms with Crippen molar-refractivity contribution in [3.63, 3.8) is 0 Å². The average molecular weight is 350 g/mol. The van der Waals surface area contributed by atoms with Gasteiger partial charge in [0.05, 0.1) is 12.5 Å². The van der Waals surface area contributed by atoms with Crippen LogP contribution in [0, 0.1) is 5.92 Å². The topological polar surface area (TPSA) is 29.1 Å². The van der Waals surface area contributed by atoms with Crippen molar-refractivity contribution in [1.29, 1.82) is 0 Å². The molecule has 22 heavy (non-hydrogen) atoms. The Hall–Kier alpha value is -1.30. The molecule has 2 nitrogen and oxygen atoms in total. The molecule has 7 heteroatoms. The van der Waals surface area contributed by atoms with E-state index in [-0.39, 0.29) is 5.03 Å². The van der Waals surface area contributed by atoms with Gasteiger partial charge in [0.25, 0.3) is 0 Å². The maximum Gasteiger partial charge on any atom is 0.401 e. The Kier molecular flexibility index (Phi) is 5.00. The SMILES string of the molecule is O=C(c1ccccc1)C1C=C(Cl)C=CC1(Cl)NCC(F)(F)F. The van der Waals surface area contributed by atoms with Crippen molar-refractivity contribution >= 4 is 29.0 Å². The van der Waals surface area contributed by atoms with Crippen molar-refractivity contribution in [2.45, 2.75) is 11.2 Å². The standard InChI is InChI=1S/C15H12Cl2F3NO/c16-11-6-7-14(17,21-9-15(18,19)20)12(8-11)13(22)10-4-2-1-3-5-10/h1-8,12,21H,9H2. The van der Waals surface area contributed by atoms with Gasteiger partial charge in [0.15, 0.2) is 5.78 Å². The molecule has 0 aromatic heterocycles. The van der Waals surface area contributed by atoms with Gasteiger partial charge in [-0.2, -0.15) is 13.2 Å². The summed E-state index contributed by atoms with van der Waals surface area (Å²) < 4.78 is 37.3. The normalized spacial score (nSPS) is 25.0. The van der Waals surface area contributed by atoms with Crippen LogP contribution in [0.15, 0.2) is 53.6 Å². The number of halogens is 5. The Bertz CT molecular complexity index is 613. The van der Waals surface area contributed by atoms with E-state index in [1.54, 1.807) is 30.3 Å². The van der Waals surface area contributed by atoms with Gasteiger partial charge in [-0.3, -0.25) is 10.1 Å². The first kappa shape index (κ1) is 17.1. The molecule has 2 unspecified atom stereocenters. The van der Waals surface area contributed by atoms with Crippen molar-refractivity contribution in [3.05, 3.63) is 59.2 Å². The van der Waals surface area contributed by atoms with Crippen LogP contribution in [0.5, 0.6) is 0 Å². The molecule has 1 aliphatic rings. The minimum absolute atomic E-state index is 0.249. The van der Waals surface area contributed by atoms with Crippen molar-refractivity contribution in [1.82, 2.24) is 5.32 Å². The fourth-order valence-corrected chi connectivity index (χ4v) is 2.57. The predicted octanol–water partition coefficient (Wildman–Crippen LogP) is 4.27. The number of rotatable bonds is 4. The first-order chi connectivity index (χ1) is 10.2. The zero-order valence-electron chi connectivity index (χ0n) is 11.2. The molecule has 1 aromatic carbocycles. The number of hydrogen-bond donors (Lipinski definition) is 1. The minimum atomic E-state index is -4.44. The Labute approximate surface area is 135 Å². The summed E-state index contributed by atoms with van der Waals surface area (Å²) in [6, 6.07) is 8.20. The van der Waals surface area contributed by atoms with Crippen molar-refractivity contribution < 1.29 is 18.0 Å². The number of allylic oxidation sites excluding steroid dienone is 2. The highest BCUT2D eigenvalue weighted by Crippen LogP contribution is 2.35. The van der Waals surface area contributed by atoms with Gasteiger partial charge in [-0.15, -0.1) is 0 Å². The lowest BCUT2D eigenvalue weighted by molar-refractivity contribution is -0.126. The first-order valence-electron chi connectivity index (χ1n) is 6.38. The second kappa shape index (κ2) is 6.44. The fraction of sp³-hybridized carbons (Fsp3) is 0.267. The zero-order chi connectivity index (χ0) is 16.4. The van der Waals surface area contributed by atoms with Gasteiger partial charge >= 0.3 is 6.18 Å². The summed E-state index contributed by atoms with van der Waals surface area (Å²) in [5, 5.41) is 2.44. The summed E-state index contributed by atoms with van der Waals surface area (Å²) in [5.41, 5.74) is 0.349. The van der Waals surface area contributed by atoms with Crippen LogP contribution < -0.4 is 5.32 Å². The summed E-state index contributed by atoms with van der Waals surface area (Å²) in [5.74, 6) is -1.45. The third kappa shape index (κ3) is 4.12. The number of hydrogen-bond acceptors (Lipinski definition) is 2. The number of nitrogens with one attached hydrogen (secondary N) is 1. The molecule has 0 heterocycles. The maximum atomic E-state index is 12.5. The molecule has 1 N–H and O–H groups in total. The number of carbonyl (C=O) groups is 1. The van der Waals surface area contributed by atoms with E-state index in [1.165, 1.54) is 18.2 Å². The second-order valence-electron chi connectivity index (χ2n) is 4.83. The molecule has 0 aliphatic heterocycles. The molecule has 1 aromatic rings. The van der Waals surface area contributed by atoms with Gasteiger partial charge in [0.2, 0.25) is 0 Å². The Balaban J connectivity index is 2.28. The summed E-state index contributed by atoms with van der Waals surface area (Å²) in [6.07, 6.45) is -0.449. The van der Waals surface area contributed by atoms with Crippen LogP contribution in [0.2, 0.25) is 0 Å². The Morgan fingerprint density at radius 1 is 1.27 bits per heavy atom. The molecule has 0 saturated carbocycles. The lowest BCUT2D eigenvalue weighted by Gasteiger charge is -2.34. The summed E-state index contributed by atoms with van der Waals surface area (Å²) in [7, 11) is 0.